The summed E-state index contributed by atoms with van der Waals surface area (Å²) in [6.45, 7) is 0. The van der Waals surface area contributed by atoms with Crippen LogP contribution in [0, 0.1) is 0 Å². The topological polar surface area (TPSA) is 37.3 Å². The number of aliphatic carboxylic acids is 1. The van der Waals surface area contributed by atoms with Gasteiger partial charge in [0.25, 0.3) is 0 Å². The van der Waals surface area contributed by atoms with Crippen LogP contribution in [0.2, 0.25) is 5.02 Å². The molecule has 1 N–H and O–H groups in total. The van der Waals surface area contributed by atoms with Crippen molar-refractivity contribution in [3.8, 4) is 0 Å². The number of alkyl halides is 1. The van der Waals surface area contributed by atoms with Crippen LogP contribution < -0.4 is 0 Å². The number of carbonyl (C=O) groups is 1. The van der Waals surface area contributed by atoms with Gasteiger partial charge in [-0.3, -0.25) is 4.79 Å². The fourth-order valence-corrected chi connectivity index (χ4v) is 1.76. The Hall–Kier alpha value is -0.730. The zero-order valence-corrected chi connectivity index (χ0v) is 8.92. The van der Waals surface area contributed by atoms with Gasteiger partial charge < -0.3 is 5.11 Å². The molecule has 2 nitrogen and oxygen atoms in total. The molecule has 0 fully saturated rings. The second kappa shape index (κ2) is 5.23. The minimum atomic E-state index is -0.845. The number of benzene rings is 1. The highest BCUT2D eigenvalue weighted by Crippen LogP contribution is 2.30. The molecule has 76 valence electrons. The molecule has 0 heterocycles. The van der Waals surface area contributed by atoms with E-state index in [4.69, 9.17) is 28.3 Å². The van der Waals surface area contributed by atoms with E-state index in [9.17, 15) is 4.79 Å². The van der Waals surface area contributed by atoms with Gasteiger partial charge in [-0.25, -0.2) is 0 Å². The molecule has 4 heteroatoms. The molecule has 0 aliphatic carbocycles. The average Bonchev–Trinajstić information content (AvgIpc) is 2.15. The third-order valence-corrected chi connectivity index (χ3v) is 2.65. The summed E-state index contributed by atoms with van der Waals surface area (Å²) in [5, 5.41) is 8.73. The van der Waals surface area contributed by atoms with Crippen LogP contribution in [-0.2, 0) is 4.79 Å². The lowest BCUT2D eigenvalue weighted by Gasteiger charge is -2.09. The molecule has 14 heavy (non-hydrogen) atoms. The first-order valence-electron chi connectivity index (χ1n) is 4.21. The van der Waals surface area contributed by atoms with Crippen LogP contribution in [0.5, 0.6) is 0 Å². The highest BCUT2D eigenvalue weighted by atomic mass is 35.5. The van der Waals surface area contributed by atoms with E-state index in [1.165, 1.54) is 0 Å². The number of halogens is 2. The monoisotopic (exact) mass is 232 g/mol. The molecule has 0 bridgehead atoms. The van der Waals surface area contributed by atoms with Crippen LogP contribution in [0.25, 0.3) is 0 Å². The maximum atomic E-state index is 10.3. The molecule has 0 saturated heterocycles. The molecule has 0 aliphatic heterocycles. The van der Waals surface area contributed by atoms with Gasteiger partial charge in [-0.15, -0.1) is 11.6 Å². The van der Waals surface area contributed by atoms with Crippen molar-refractivity contribution >= 4 is 29.2 Å². The summed E-state index contributed by atoms with van der Waals surface area (Å²) in [6.07, 6.45) is 0.444. The van der Waals surface area contributed by atoms with Crippen LogP contribution in [0.3, 0.4) is 0 Å². The summed E-state index contributed by atoms with van der Waals surface area (Å²) < 4.78 is 0. The molecule has 0 radical (unpaired) electrons. The first-order chi connectivity index (χ1) is 6.61. The maximum absolute atomic E-state index is 10.3. The Kier molecular flexibility index (Phi) is 4.23. The molecule has 0 aliphatic rings. The second-order valence-corrected chi connectivity index (χ2v) is 3.86. The third-order valence-electron chi connectivity index (χ3n) is 1.85. The van der Waals surface area contributed by atoms with Crippen LogP contribution in [0.1, 0.15) is 23.8 Å². The lowest BCUT2D eigenvalue weighted by atomic mass is 10.1. The molecule has 1 aromatic rings. The number of hydrogen-bond donors (Lipinski definition) is 1. The zero-order valence-electron chi connectivity index (χ0n) is 7.41. The third kappa shape index (κ3) is 3.20. The van der Waals surface area contributed by atoms with Crippen molar-refractivity contribution in [3.63, 3.8) is 0 Å². The van der Waals surface area contributed by atoms with Crippen molar-refractivity contribution in [2.75, 3.05) is 0 Å². The average molecular weight is 233 g/mol. The summed E-state index contributed by atoms with van der Waals surface area (Å²) >= 11 is 11.9. The van der Waals surface area contributed by atoms with E-state index in [-0.39, 0.29) is 11.8 Å². The van der Waals surface area contributed by atoms with Gasteiger partial charge in [-0.1, -0.05) is 29.8 Å². The maximum Gasteiger partial charge on any atom is 0.303 e. The molecule has 0 saturated carbocycles. The van der Waals surface area contributed by atoms with Crippen molar-refractivity contribution in [1.29, 1.82) is 0 Å². The molecule has 1 unspecified atom stereocenters. The van der Waals surface area contributed by atoms with E-state index in [2.05, 4.69) is 0 Å². The van der Waals surface area contributed by atoms with E-state index < -0.39 is 5.97 Å². The number of carboxylic acid groups (broad SMARTS) is 1. The Morgan fingerprint density at radius 3 is 2.64 bits per heavy atom. The Bertz CT molecular complexity index is 326. The van der Waals surface area contributed by atoms with Crippen molar-refractivity contribution in [1.82, 2.24) is 0 Å². The molecular formula is C10H10Cl2O2. The van der Waals surface area contributed by atoms with E-state index in [1.54, 1.807) is 6.07 Å². The van der Waals surface area contributed by atoms with Crippen LogP contribution in [0.4, 0.5) is 0 Å². The summed E-state index contributed by atoms with van der Waals surface area (Å²) in [4.78, 5) is 10.3. The predicted molar refractivity (Wildman–Crippen MR) is 56.9 cm³/mol. The van der Waals surface area contributed by atoms with Crippen LogP contribution in [0.15, 0.2) is 24.3 Å². The molecule has 1 aromatic carbocycles. The summed E-state index contributed by atoms with van der Waals surface area (Å²) in [5.74, 6) is -0.845. The molecule has 1 rings (SSSR count). The highest BCUT2D eigenvalue weighted by molar-refractivity contribution is 6.32. The van der Waals surface area contributed by atoms with Gasteiger partial charge >= 0.3 is 5.97 Å². The summed E-state index contributed by atoms with van der Waals surface area (Å²) in [6, 6.07) is 7.19. The normalized spacial score (nSPS) is 12.4. The Labute approximate surface area is 92.5 Å². The van der Waals surface area contributed by atoms with Crippen LogP contribution in [-0.4, -0.2) is 11.1 Å². The van der Waals surface area contributed by atoms with E-state index in [0.717, 1.165) is 5.56 Å². The zero-order chi connectivity index (χ0) is 10.6. The lowest BCUT2D eigenvalue weighted by molar-refractivity contribution is -0.137. The number of hydrogen-bond acceptors (Lipinski definition) is 1. The van der Waals surface area contributed by atoms with E-state index in [1.807, 2.05) is 18.2 Å². The largest absolute Gasteiger partial charge is 0.481 e. The van der Waals surface area contributed by atoms with Gasteiger partial charge in [0.05, 0.1) is 5.38 Å². The van der Waals surface area contributed by atoms with Gasteiger partial charge in [-0.2, -0.15) is 0 Å². The van der Waals surface area contributed by atoms with Gasteiger partial charge in [0, 0.05) is 11.4 Å². The summed E-state index contributed by atoms with van der Waals surface area (Å²) in [5.41, 5.74) is 0.789. The van der Waals surface area contributed by atoms with Crippen LogP contribution >= 0.6 is 23.2 Å². The smallest absolute Gasteiger partial charge is 0.303 e. The molecule has 0 amide bonds. The van der Waals surface area contributed by atoms with E-state index in [0.29, 0.717) is 11.4 Å². The fourth-order valence-electron chi connectivity index (χ4n) is 1.13. The Morgan fingerprint density at radius 2 is 2.07 bits per heavy atom. The Morgan fingerprint density at radius 1 is 1.43 bits per heavy atom. The van der Waals surface area contributed by atoms with Crippen molar-refractivity contribution in [2.45, 2.75) is 18.2 Å². The first kappa shape index (κ1) is 11.3. The van der Waals surface area contributed by atoms with Crippen molar-refractivity contribution < 1.29 is 9.90 Å². The van der Waals surface area contributed by atoms with Gasteiger partial charge in [0.1, 0.15) is 0 Å². The first-order valence-corrected chi connectivity index (χ1v) is 5.03. The molecule has 0 aromatic heterocycles. The molecular weight excluding hydrogens is 223 g/mol. The van der Waals surface area contributed by atoms with Crippen molar-refractivity contribution in [2.24, 2.45) is 0 Å². The molecule has 1 atom stereocenters. The standard InChI is InChI=1S/C10H10Cl2O2/c11-8-4-2-1-3-7(8)9(12)5-6-10(13)14/h1-4,9H,5-6H2,(H,13,14). The van der Waals surface area contributed by atoms with Crippen molar-refractivity contribution in [3.05, 3.63) is 34.9 Å². The minimum absolute atomic E-state index is 0.0550. The van der Waals surface area contributed by atoms with Gasteiger partial charge in [0.2, 0.25) is 0 Å². The number of carboxylic acids is 1. The van der Waals surface area contributed by atoms with E-state index >= 15 is 0 Å². The predicted octanol–water partition coefficient (Wildman–Crippen LogP) is 3.48. The lowest BCUT2D eigenvalue weighted by Crippen LogP contribution is -1.98. The van der Waals surface area contributed by atoms with Gasteiger partial charge in [-0.05, 0) is 18.1 Å². The highest BCUT2D eigenvalue weighted by Gasteiger charge is 2.12. The fraction of sp³-hybridized carbons (Fsp3) is 0.300. The summed E-state index contributed by atoms with van der Waals surface area (Å²) in [7, 11) is 0. The molecule has 0 spiro atoms. The SMILES string of the molecule is O=C(O)CCC(Cl)c1ccccc1Cl. The second-order valence-electron chi connectivity index (χ2n) is 2.92. The minimum Gasteiger partial charge on any atom is -0.481 e. The quantitative estimate of drug-likeness (QED) is 0.808. The Balaban J connectivity index is 2.65. The van der Waals surface area contributed by atoms with Gasteiger partial charge in [0.15, 0.2) is 0 Å². The number of rotatable bonds is 4.